The molecule has 1 heterocycles. The Hall–Kier alpha value is -2.84. The van der Waals surface area contributed by atoms with Gasteiger partial charge in [-0.2, -0.15) is 0 Å². The second-order valence-electron chi connectivity index (χ2n) is 7.90. The third-order valence-electron chi connectivity index (χ3n) is 5.39. The van der Waals surface area contributed by atoms with Gasteiger partial charge < -0.3 is 14.6 Å². The van der Waals surface area contributed by atoms with Gasteiger partial charge in [-0.15, -0.1) is 0 Å². The summed E-state index contributed by atoms with van der Waals surface area (Å²) in [5, 5.41) is 9.24. The average Bonchev–Trinajstić information content (AvgIpc) is 3.11. The normalized spacial score (nSPS) is 14.6. The number of hydrogen-bond acceptors (Lipinski definition) is 6. The number of unbranched alkanes of at least 4 members (excludes halogenated alkanes) is 5. The molecule has 2 aromatic carbocycles. The van der Waals surface area contributed by atoms with Crippen molar-refractivity contribution in [1.82, 2.24) is 0 Å². The maximum absolute atomic E-state index is 13.0. The minimum Gasteiger partial charge on any atom is -0.493 e. The predicted molar refractivity (Wildman–Crippen MR) is 141 cm³/mol. The number of rotatable bonds is 12. The molecule has 0 unspecified atom stereocenters. The molecule has 0 spiro atoms. The second kappa shape index (κ2) is 12.6. The molecule has 8 heteroatoms. The van der Waals surface area contributed by atoms with Gasteiger partial charge in [0.15, 0.2) is 15.8 Å². The van der Waals surface area contributed by atoms with Crippen LogP contribution in [0.2, 0.25) is 0 Å². The molecule has 0 saturated carbocycles. The SMILES string of the molecule is CCCCCCCCOc1ccc(C=C2SC(=S)N(c3cccc(C(=O)O)c3)C2=O)cc1OC. The lowest BCUT2D eigenvalue weighted by Gasteiger charge is -2.14. The number of nitrogens with zero attached hydrogens (tertiary/aromatic N) is 1. The first-order valence-electron chi connectivity index (χ1n) is 11.4. The van der Waals surface area contributed by atoms with Crippen LogP contribution in [0.25, 0.3) is 6.08 Å². The molecule has 3 rings (SSSR count). The number of carbonyl (C=O) groups excluding carboxylic acids is 1. The Morgan fingerprint density at radius 2 is 1.85 bits per heavy atom. The summed E-state index contributed by atoms with van der Waals surface area (Å²) in [4.78, 5) is 26.1. The van der Waals surface area contributed by atoms with Gasteiger partial charge in [0, 0.05) is 0 Å². The highest BCUT2D eigenvalue weighted by Gasteiger charge is 2.33. The van der Waals surface area contributed by atoms with Crippen LogP contribution in [0.4, 0.5) is 5.69 Å². The largest absolute Gasteiger partial charge is 0.493 e. The van der Waals surface area contributed by atoms with Crippen molar-refractivity contribution in [2.45, 2.75) is 45.4 Å². The predicted octanol–water partition coefficient (Wildman–Crippen LogP) is 6.54. The first-order chi connectivity index (χ1) is 16.4. The standard InChI is InChI=1S/C26H29NO5S2/c1-3-4-5-6-7-8-14-32-21-13-12-18(15-22(21)31-2)16-23-24(28)27(26(33)34-23)20-11-9-10-19(17-20)25(29)30/h9-13,15-17H,3-8,14H2,1-2H3,(H,29,30). The van der Waals surface area contributed by atoms with Crippen molar-refractivity contribution in [2.24, 2.45) is 0 Å². The lowest BCUT2D eigenvalue weighted by molar-refractivity contribution is -0.113. The van der Waals surface area contributed by atoms with Gasteiger partial charge in [-0.3, -0.25) is 9.69 Å². The molecule has 1 N–H and O–H groups in total. The van der Waals surface area contributed by atoms with Gasteiger partial charge in [-0.1, -0.05) is 75.1 Å². The third kappa shape index (κ3) is 6.61. The van der Waals surface area contributed by atoms with Crippen LogP contribution in [-0.4, -0.2) is 35.0 Å². The molecular formula is C26H29NO5S2. The molecule has 6 nitrogen and oxygen atoms in total. The van der Waals surface area contributed by atoms with Crippen LogP contribution < -0.4 is 14.4 Å². The number of amides is 1. The van der Waals surface area contributed by atoms with E-state index in [4.69, 9.17) is 21.7 Å². The van der Waals surface area contributed by atoms with Crippen LogP contribution in [0.15, 0.2) is 47.4 Å². The van der Waals surface area contributed by atoms with E-state index >= 15 is 0 Å². The van der Waals surface area contributed by atoms with E-state index in [1.807, 2.05) is 18.2 Å². The number of aromatic carboxylic acids is 1. The number of ether oxygens (including phenoxy) is 2. The monoisotopic (exact) mass is 499 g/mol. The number of hydrogen-bond donors (Lipinski definition) is 1. The number of carboxylic acids is 1. The van der Waals surface area contributed by atoms with E-state index in [9.17, 15) is 14.7 Å². The quantitative estimate of drug-likeness (QED) is 0.202. The van der Waals surface area contributed by atoms with Gasteiger partial charge >= 0.3 is 5.97 Å². The van der Waals surface area contributed by atoms with Crippen molar-refractivity contribution >= 4 is 51.9 Å². The molecule has 34 heavy (non-hydrogen) atoms. The van der Waals surface area contributed by atoms with Crippen LogP contribution in [0.1, 0.15) is 61.4 Å². The van der Waals surface area contributed by atoms with Crippen LogP contribution in [-0.2, 0) is 4.79 Å². The molecule has 1 fully saturated rings. The summed E-state index contributed by atoms with van der Waals surface area (Å²) < 4.78 is 11.8. The summed E-state index contributed by atoms with van der Waals surface area (Å²) in [6.07, 6.45) is 8.92. The minimum atomic E-state index is -1.06. The van der Waals surface area contributed by atoms with E-state index in [0.717, 1.165) is 18.4 Å². The molecule has 0 atom stereocenters. The van der Waals surface area contributed by atoms with Gasteiger partial charge in [0.2, 0.25) is 0 Å². The average molecular weight is 500 g/mol. The Balaban J connectivity index is 1.68. The molecule has 0 aromatic heterocycles. The van der Waals surface area contributed by atoms with Crippen molar-refractivity contribution in [3.63, 3.8) is 0 Å². The number of thiocarbonyl (C=S) groups is 1. The molecular weight excluding hydrogens is 470 g/mol. The third-order valence-corrected chi connectivity index (χ3v) is 6.69. The van der Waals surface area contributed by atoms with Crippen molar-refractivity contribution in [3.8, 4) is 11.5 Å². The summed E-state index contributed by atoms with van der Waals surface area (Å²) in [7, 11) is 1.59. The van der Waals surface area contributed by atoms with Crippen LogP contribution in [0.3, 0.4) is 0 Å². The molecule has 180 valence electrons. The Morgan fingerprint density at radius 3 is 2.59 bits per heavy atom. The summed E-state index contributed by atoms with van der Waals surface area (Å²) in [5.74, 6) is -0.0794. The van der Waals surface area contributed by atoms with Gasteiger partial charge in [0.1, 0.15) is 0 Å². The molecule has 1 amide bonds. The number of carboxylic acid groups (broad SMARTS) is 1. The zero-order valence-electron chi connectivity index (χ0n) is 19.4. The molecule has 0 aliphatic carbocycles. The maximum atomic E-state index is 13.0. The number of thioether (sulfide) groups is 1. The van der Waals surface area contributed by atoms with E-state index in [-0.39, 0.29) is 11.5 Å². The second-order valence-corrected chi connectivity index (χ2v) is 9.57. The van der Waals surface area contributed by atoms with Crippen molar-refractivity contribution in [3.05, 3.63) is 58.5 Å². The van der Waals surface area contributed by atoms with Gasteiger partial charge in [-0.25, -0.2) is 4.79 Å². The first kappa shape index (κ1) is 25.8. The van der Waals surface area contributed by atoms with Crippen LogP contribution in [0.5, 0.6) is 11.5 Å². The summed E-state index contributed by atoms with van der Waals surface area (Å²) in [6, 6.07) is 11.7. The fourth-order valence-corrected chi connectivity index (χ4v) is 4.88. The molecule has 1 aliphatic rings. The molecule has 2 aromatic rings. The lowest BCUT2D eigenvalue weighted by Crippen LogP contribution is -2.27. The van der Waals surface area contributed by atoms with E-state index in [0.29, 0.717) is 33.0 Å². The molecule has 0 radical (unpaired) electrons. The van der Waals surface area contributed by atoms with Gasteiger partial charge in [-0.05, 0) is 48.4 Å². The van der Waals surface area contributed by atoms with Gasteiger partial charge in [0.05, 0.1) is 29.9 Å². The fourth-order valence-electron chi connectivity index (χ4n) is 3.58. The first-order valence-corrected chi connectivity index (χ1v) is 12.6. The highest BCUT2D eigenvalue weighted by Crippen LogP contribution is 2.37. The van der Waals surface area contributed by atoms with Crippen molar-refractivity contribution < 1.29 is 24.2 Å². The van der Waals surface area contributed by atoms with Crippen LogP contribution >= 0.6 is 24.0 Å². The van der Waals surface area contributed by atoms with Crippen molar-refractivity contribution in [1.29, 1.82) is 0 Å². The molecule has 1 saturated heterocycles. The summed E-state index contributed by atoms with van der Waals surface area (Å²) in [5.41, 5.74) is 1.31. The van der Waals surface area contributed by atoms with E-state index in [1.54, 1.807) is 25.3 Å². The van der Waals surface area contributed by atoms with E-state index < -0.39 is 5.97 Å². The van der Waals surface area contributed by atoms with E-state index in [1.165, 1.54) is 54.5 Å². The minimum absolute atomic E-state index is 0.0943. The summed E-state index contributed by atoms with van der Waals surface area (Å²) >= 11 is 6.58. The Kier molecular flexibility index (Phi) is 9.53. The zero-order valence-corrected chi connectivity index (χ0v) is 21.0. The van der Waals surface area contributed by atoms with Crippen LogP contribution in [0, 0.1) is 0 Å². The molecule has 1 aliphatic heterocycles. The fraction of sp³-hybridized carbons (Fsp3) is 0.346. The number of carbonyl (C=O) groups is 2. The summed E-state index contributed by atoms with van der Waals surface area (Å²) in [6.45, 7) is 2.84. The number of benzene rings is 2. The highest BCUT2D eigenvalue weighted by molar-refractivity contribution is 8.27. The topological polar surface area (TPSA) is 76.1 Å². The smallest absolute Gasteiger partial charge is 0.335 e. The number of anilines is 1. The Morgan fingerprint density at radius 1 is 1.09 bits per heavy atom. The van der Waals surface area contributed by atoms with Gasteiger partial charge in [0.25, 0.3) is 5.91 Å². The molecule has 0 bridgehead atoms. The Labute approximate surface area is 209 Å². The number of methoxy groups -OCH3 is 1. The lowest BCUT2D eigenvalue weighted by atomic mass is 10.1. The maximum Gasteiger partial charge on any atom is 0.335 e. The zero-order chi connectivity index (χ0) is 24.5. The van der Waals surface area contributed by atoms with Crippen molar-refractivity contribution in [2.75, 3.05) is 18.6 Å². The Bertz CT molecular complexity index is 1080. The van der Waals surface area contributed by atoms with E-state index in [2.05, 4.69) is 6.92 Å². The highest BCUT2D eigenvalue weighted by atomic mass is 32.2.